The van der Waals surface area contributed by atoms with E-state index >= 15 is 0 Å². The van der Waals surface area contributed by atoms with Crippen molar-refractivity contribution in [2.75, 3.05) is 13.6 Å². The van der Waals surface area contributed by atoms with E-state index in [1.165, 1.54) is 5.56 Å². The quantitative estimate of drug-likeness (QED) is 0.851. The smallest absolute Gasteiger partial charge is 0.0406 e. The summed E-state index contributed by atoms with van der Waals surface area (Å²) in [6.45, 7) is 9.62. The third kappa shape index (κ3) is 4.20. The first kappa shape index (κ1) is 16.5. The first-order valence-electron chi connectivity index (χ1n) is 6.98. The van der Waals surface area contributed by atoms with Crippen LogP contribution in [-0.4, -0.2) is 24.0 Å². The van der Waals surface area contributed by atoms with Gasteiger partial charge < -0.3 is 5.73 Å². The monoisotopic (exact) mass is 282 g/mol. The van der Waals surface area contributed by atoms with Crippen molar-refractivity contribution < 1.29 is 0 Å². The Labute approximate surface area is 122 Å². The largest absolute Gasteiger partial charge is 0.329 e. The van der Waals surface area contributed by atoms with E-state index in [4.69, 9.17) is 17.3 Å². The number of nitrogens with two attached hydrogens (primary N) is 1. The van der Waals surface area contributed by atoms with Gasteiger partial charge in [-0.15, -0.1) is 0 Å². The SMILES string of the molecule is CC(C)CC(C)(CN)N(C)C(C)c1ccc(Cl)cc1. The zero-order chi connectivity index (χ0) is 14.6. The van der Waals surface area contributed by atoms with Crippen LogP contribution in [0.5, 0.6) is 0 Å². The van der Waals surface area contributed by atoms with Crippen molar-refractivity contribution >= 4 is 11.6 Å². The average Bonchev–Trinajstić information content (AvgIpc) is 2.37. The van der Waals surface area contributed by atoms with Gasteiger partial charge in [0.1, 0.15) is 0 Å². The van der Waals surface area contributed by atoms with E-state index in [1.807, 2.05) is 12.1 Å². The van der Waals surface area contributed by atoms with Crippen LogP contribution in [0.15, 0.2) is 24.3 Å². The fourth-order valence-electron chi connectivity index (χ4n) is 2.68. The Morgan fingerprint density at radius 2 is 1.74 bits per heavy atom. The van der Waals surface area contributed by atoms with Gasteiger partial charge in [-0.2, -0.15) is 0 Å². The van der Waals surface area contributed by atoms with E-state index in [-0.39, 0.29) is 5.54 Å². The lowest BCUT2D eigenvalue weighted by molar-refractivity contribution is 0.0801. The second kappa shape index (κ2) is 6.74. The normalized spacial score (nSPS) is 16.7. The number of halogens is 1. The van der Waals surface area contributed by atoms with Crippen LogP contribution in [0, 0.1) is 5.92 Å². The number of hydrogen-bond acceptors (Lipinski definition) is 2. The molecule has 1 rings (SSSR count). The molecule has 108 valence electrons. The van der Waals surface area contributed by atoms with Crippen LogP contribution in [0.3, 0.4) is 0 Å². The Morgan fingerprint density at radius 1 is 1.21 bits per heavy atom. The van der Waals surface area contributed by atoms with Gasteiger partial charge in [-0.1, -0.05) is 37.6 Å². The van der Waals surface area contributed by atoms with Crippen molar-refractivity contribution in [1.29, 1.82) is 0 Å². The van der Waals surface area contributed by atoms with Crippen LogP contribution in [0.1, 0.15) is 45.7 Å². The predicted octanol–water partition coefficient (Wildman–Crippen LogP) is 4.10. The number of hydrogen-bond donors (Lipinski definition) is 1. The fraction of sp³-hybridized carbons (Fsp3) is 0.625. The lowest BCUT2D eigenvalue weighted by Crippen LogP contribution is -2.51. The summed E-state index contributed by atoms with van der Waals surface area (Å²) < 4.78 is 0. The summed E-state index contributed by atoms with van der Waals surface area (Å²) in [5.74, 6) is 0.633. The number of nitrogens with zero attached hydrogens (tertiary/aromatic N) is 1. The molecule has 0 fully saturated rings. The number of rotatable bonds is 6. The first-order chi connectivity index (χ1) is 8.80. The molecule has 0 aliphatic heterocycles. The topological polar surface area (TPSA) is 29.3 Å². The second-order valence-electron chi connectivity index (χ2n) is 6.14. The van der Waals surface area contributed by atoms with Crippen molar-refractivity contribution in [3.63, 3.8) is 0 Å². The zero-order valence-electron chi connectivity index (χ0n) is 12.8. The maximum Gasteiger partial charge on any atom is 0.0406 e. The molecule has 0 spiro atoms. The van der Waals surface area contributed by atoms with Gasteiger partial charge in [0.15, 0.2) is 0 Å². The molecule has 0 aliphatic carbocycles. The van der Waals surface area contributed by atoms with Crippen LogP contribution in [-0.2, 0) is 0 Å². The van der Waals surface area contributed by atoms with Crippen molar-refractivity contribution in [3.8, 4) is 0 Å². The Hall–Kier alpha value is -0.570. The van der Waals surface area contributed by atoms with E-state index in [1.54, 1.807) is 0 Å². The van der Waals surface area contributed by atoms with Crippen LogP contribution in [0.4, 0.5) is 0 Å². The van der Waals surface area contributed by atoms with Gasteiger partial charge in [-0.25, -0.2) is 0 Å². The maximum atomic E-state index is 6.03. The molecule has 2 nitrogen and oxygen atoms in total. The van der Waals surface area contributed by atoms with Gasteiger partial charge in [-0.3, -0.25) is 4.90 Å². The molecule has 0 amide bonds. The highest BCUT2D eigenvalue weighted by Crippen LogP contribution is 2.30. The summed E-state index contributed by atoms with van der Waals surface area (Å²) in [5.41, 5.74) is 7.33. The van der Waals surface area contributed by atoms with Crippen LogP contribution >= 0.6 is 11.6 Å². The van der Waals surface area contributed by atoms with E-state index in [9.17, 15) is 0 Å². The molecule has 2 atom stereocenters. The van der Waals surface area contributed by atoms with Crippen LogP contribution in [0.25, 0.3) is 0 Å². The molecule has 0 bridgehead atoms. The third-order valence-electron chi connectivity index (χ3n) is 4.07. The van der Waals surface area contributed by atoms with E-state index in [0.29, 0.717) is 18.5 Å². The molecule has 3 heteroatoms. The van der Waals surface area contributed by atoms with Crippen LogP contribution < -0.4 is 5.73 Å². The molecule has 2 N–H and O–H groups in total. The van der Waals surface area contributed by atoms with Gasteiger partial charge in [0, 0.05) is 23.1 Å². The minimum Gasteiger partial charge on any atom is -0.329 e. The zero-order valence-corrected chi connectivity index (χ0v) is 13.5. The molecule has 1 aromatic rings. The summed E-state index contributed by atoms with van der Waals surface area (Å²) in [7, 11) is 2.16. The van der Waals surface area contributed by atoms with Crippen molar-refractivity contribution in [3.05, 3.63) is 34.9 Å². The summed E-state index contributed by atoms with van der Waals surface area (Å²) >= 11 is 5.95. The molecule has 0 aromatic heterocycles. The van der Waals surface area contributed by atoms with E-state index < -0.39 is 0 Å². The highest BCUT2D eigenvalue weighted by Gasteiger charge is 2.32. The molecule has 0 saturated heterocycles. The molecule has 0 radical (unpaired) electrons. The van der Waals surface area contributed by atoms with Crippen molar-refractivity contribution in [2.24, 2.45) is 11.7 Å². The van der Waals surface area contributed by atoms with Gasteiger partial charge in [-0.05, 0) is 50.9 Å². The summed E-state index contributed by atoms with van der Waals surface area (Å²) in [6.07, 6.45) is 1.10. The first-order valence-corrected chi connectivity index (χ1v) is 7.36. The molecule has 19 heavy (non-hydrogen) atoms. The number of likely N-dealkylation sites (N-methyl/N-ethyl adjacent to an activating group) is 1. The molecule has 0 aliphatic rings. The maximum absolute atomic E-state index is 6.03. The van der Waals surface area contributed by atoms with Gasteiger partial charge in [0.25, 0.3) is 0 Å². The Kier molecular flexibility index (Phi) is 5.84. The van der Waals surface area contributed by atoms with E-state index in [0.717, 1.165) is 11.4 Å². The average molecular weight is 283 g/mol. The molecular formula is C16H27ClN2. The van der Waals surface area contributed by atoms with Crippen molar-refractivity contribution in [1.82, 2.24) is 4.90 Å². The minimum absolute atomic E-state index is 0.0211. The van der Waals surface area contributed by atoms with Crippen LogP contribution in [0.2, 0.25) is 5.02 Å². The van der Waals surface area contributed by atoms with E-state index in [2.05, 4.69) is 51.8 Å². The summed E-state index contributed by atoms with van der Waals surface area (Å²) in [4.78, 5) is 2.39. The Bertz CT molecular complexity index is 388. The highest BCUT2D eigenvalue weighted by molar-refractivity contribution is 6.30. The summed E-state index contributed by atoms with van der Waals surface area (Å²) in [6, 6.07) is 8.41. The molecule has 0 saturated carbocycles. The van der Waals surface area contributed by atoms with Gasteiger partial charge in [0.2, 0.25) is 0 Å². The third-order valence-corrected chi connectivity index (χ3v) is 4.32. The predicted molar refractivity (Wildman–Crippen MR) is 84.5 cm³/mol. The molecular weight excluding hydrogens is 256 g/mol. The lowest BCUT2D eigenvalue weighted by Gasteiger charge is -2.43. The summed E-state index contributed by atoms with van der Waals surface area (Å²) in [5, 5.41) is 0.780. The number of benzene rings is 1. The fourth-order valence-corrected chi connectivity index (χ4v) is 2.81. The Morgan fingerprint density at radius 3 is 2.16 bits per heavy atom. The Balaban J connectivity index is 2.90. The van der Waals surface area contributed by atoms with Crippen molar-refractivity contribution in [2.45, 2.75) is 45.7 Å². The van der Waals surface area contributed by atoms with Gasteiger partial charge >= 0.3 is 0 Å². The molecule has 1 aromatic carbocycles. The standard InChI is InChI=1S/C16H27ClN2/c1-12(2)10-16(4,11-18)19(5)13(3)14-6-8-15(17)9-7-14/h6-9,12-13H,10-11,18H2,1-5H3. The molecule has 0 heterocycles. The second-order valence-corrected chi connectivity index (χ2v) is 6.57. The minimum atomic E-state index is 0.0211. The molecule has 2 unspecified atom stereocenters. The lowest BCUT2D eigenvalue weighted by atomic mass is 9.87. The highest BCUT2D eigenvalue weighted by atomic mass is 35.5. The van der Waals surface area contributed by atoms with Gasteiger partial charge in [0.05, 0.1) is 0 Å².